The zero-order valence-electron chi connectivity index (χ0n) is 10.1. The third-order valence-electron chi connectivity index (χ3n) is 3.24. The van der Waals surface area contributed by atoms with Crippen LogP contribution in [0.3, 0.4) is 0 Å². The fourth-order valence-corrected chi connectivity index (χ4v) is 2.25. The van der Waals surface area contributed by atoms with E-state index in [1.165, 1.54) is 0 Å². The first-order valence-corrected chi connectivity index (χ1v) is 6.05. The molecule has 1 aliphatic heterocycles. The molecule has 2 heterocycles. The Balaban J connectivity index is 1.76. The molecule has 0 unspecified atom stereocenters. The van der Waals surface area contributed by atoms with Crippen molar-refractivity contribution in [1.29, 1.82) is 0 Å². The van der Waals surface area contributed by atoms with Crippen molar-refractivity contribution in [3.8, 4) is 16.8 Å². The predicted octanol–water partition coefficient (Wildman–Crippen LogP) is 4.27. The quantitative estimate of drug-likeness (QED) is 0.520. The number of hydrogen-bond acceptors (Lipinski definition) is 3. The maximum Gasteiger partial charge on any atom is 0.0991 e. The fourth-order valence-electron chi connectivity index (χ4n) is 2.25. The van der Waals surface area contributed by atoms with Gasteiger partial charge in [-0.2, -0.15) is 5.11 Å². The SMILES string of the molecule is c1cn(-c2ccc(-c3ccc4cc3N=N4)cc2)cn1. The molecule has 19 heavy (non-hydrogen) atoms. The first-order chi connectivity index (χ1) is 9.40. The van der Waals surface area contributed by atoms with Crippen LogP contribution in [-0.2, 0) is 0 Å². The smallest absolute Gasteiger partial charge is 0.0991 e. The number of fused-ring (bicyclic) bond motifs is 2. The second-order valence-corrected chi connectivity index (χ2v) is 4.42. The Labute approximate surface area is 110 Å². The summed E-state index contributed by atoms with van der Waals surface area (Å²) in [6.07, 6.45) is 5.49. The molecule has 0 radical (unpaired) electrons. The van der Waals surface area contributed by atoms with E-state index in [0.717, 1.165) is 28.2 Å². The van der Waals surface area contributed by atoms with Gasteiger partial charge in [0.15, 0.2) is 0 Å². The van der Waals surface area contributed by atoms with Crippen LogP contribution in [-0.4, -0.2) is 9.55 Å². The lowest BCUT2D eigenvalue weighted by Gasteiger charge is -2.05. The van der Waals surface area contributed by atoms with E-state index < -0.39 is 0 Å². The van der Waals surface area contributed by atoms with Gasteiger partial charge in [-0.05, 0) is 35.9 Å². The molecule has 0 spiro atoms. The molecule has 4 heteroatoms. The molecule has 0 fully saturated rings. The van der Waals surface area contributed by atoms with Crippen molar-refractivity contribution in [2.24, 2.45) is 10.2 Å². The second-order valence-electron chi connectivity index (χ2n) is 4.42. The Kier molecular flexibility index (Phi) is 2.08. The number of nitrogens with zero attached hydrogens (tertiary/aromatic N) is 4. The molecule has 3 aromatic rings. The molecule has 4 rings (SSSR count). The Morgan fingerprint density at radius 3 is 2.58 bits per heavy atom. The number of hydrogen-bond donors (Lipinski definition) is 0. The summed E-state index contributed by atoms with van der Waals surface area (Å²) in [6, 6.07) is 14.4. The van der Waals surface area contributed by atoms with Crippen LogP contribution in [0.15, 0.2) is 71.4 Å². The highest BCUT2D eigenvalue weighted by atomic mass is 15.1. The van der Waals surface area contributed by atoms with Gasteiger partial charge in [0.05, 0.1) is 17.7 Å². The maximum absolute atomic E-state index is 4.16. The predicted molar refractivity (Wildman–Crippen MR) is 73.2 cm³/mol. The summed E-state index contributed by atoms with van der Waals surface area (Å²) in [4.78, 5) is 4.05. The lowest BCUT2D eigenvalue weighted by Crippen LogP contribution is -1.89. The molecule has 4 nitrogen and oxygen atoms in total. The molecule has 2 bridgehead atoms. The van der Waals surface area contributed by atoms with Crippen LogP contribution in [0.4, 0.5) is 11.4 Å². The van der Waals surface area contributed by atoms with Gasteiger partial charge in [-0.1, -0.05) is 12.1 Å². The van der Waals surface area contributed by atoms with Crippen LogP contribution in [0.2, 0.25) is 0 Å². The highest BCUT2D eigenvalue weighted by molar-refractivity contribution is 5.79. The largest absolute Gasteiger partial charge is 0.306 e. The molecule has 0 saturated heterocycles. The summed E-state index contributed by atoms with van der Waals surface area (Å²) >= 11 is 0. The average Bonchev–Trinajstić information content (AvgIpc) is 3.10. The van der Waals surface area contributed by atoms with Gasteiger partial charge in [-0.15, -0.1) is 5.11 Å². The Bertz CT molecular complexity index is 755. The third-order valence-corrected chi connectivity index (χ3v) is 3.24. The van der Waals surface area contributed by atoms with Crippen LogP contribution >= 0.6 is 0 Å². The van der Waals surface area contributed by atoms with E-state index in [1.54, 1.807) is 12.5 Å². The van der Waals surface area contributed by atoms with Crippen LogP contribution in [0.5, 0.6) is 0 Å². The van der Waals surface area contributed by atoms with Gasteiger partial charge in [0.2, 0.25) is 0 Å². The Morgan fingerprint density at radius 1 is 0.895 bits per heavy atom. The minimum absolute atomic E-state index is 0.925. The van der Waals surface area contributed by atoms with Crippen molar-refractivity contribution in [2.45, 2.75) is 0 Å². The van der Waals surface area contributed by atoms with E-state index >= 15 is 0 Å². The van der Waals surface area contributed by atoms with E-state index in [4.69, 9.17) is 0 Å². The van der Waals surface area contributed by atoms with Gasteiger partial charge >= 0.3 is 0 Å². The van der Waals surface area contributed by atoms with Gasteiger partial charge < -0.3 is 4.57 Å². The van der Waals surface area contributed by atoms with E-state index in [9.17, 15) is 0 Å². The molecule has 2 aromatic carbocycles. The Morgan fingerprint density at radius 2 is 1.79 bits per heavy atom. The minimum atomic E-state index is 0.925. The molecule has 1 aromatic heterocycles. The molecular formula is C15H10N4. The second kappa shape index (κ2) is 3.88. The maximum atomic E-state index is 4.16. The molecule has 0 saturated carbocycles. The summed E-state index contributed by atoms with van der Waals surface area (Å²) in [7, 11) is 0. The van der Waals surface area contributed by atoms with Gasteiger partial charge in [-0.3, -0.25) is 0 Å². The van der Waals surface area contributed by atoms with Crippen molar-refractivity contribution in [2.75, 3.05) is 0 Å². The van der Waals surface area contributed by atoms with Crippen molar-refractivity contribution in [3.05, 3.63) is 61.2 Å². The number of azo groups is 1. The molecule has 0 atom stereocenters. The van der Waals surface area contributed by atoms with Gasteiger partial charge in [0, 0.05) is 23.6 Å². The Hall–Kier alpha value is -2.75. The molecule has 0 amide bonds. The van der Waals surface area contributed by atoms with Crippen LogP contribution < -0.4 is 0 Å². The highest BCUT2D eigenvalue weighted by Gasteiger charge is 2.10. The van der Waals surface area contributed by atoms with E-state index in [-0.39, 0.29) is 0 Å². The summed E-state index contributed by atoms with van der Waals surface area (Å²) < 4.78 is 1.98. The molecule has 90 valence electrons. The first kappa shape index (κ1) is 10.2. The van der Waals surface area contributed by atoms with Gasteiger partial charge in [0.25, 0.3) is 0 Å². The lowest BCUT2D eigenvalue weighted by atomic mass is 10.0. The molecule has 0 N–H and O–H groups in total. The van der Waals surface area contributed by atoms with E-state index in [0.29, 0.717) is 0 Å². The average molecular weight is 246 g/mol. The number of aromatic nitrogens is 2. The monoisotopic (exact) mass is 246 g/mol. The summed E-state index contributed by atoms with van der Waals surface area (Å²) in [5.74, 6) is 0. The van der Waals surface area contributed by atoms with Crippen LogP contribution in [0.25, 0.3) is 16.8 Å². The summed E-state index contributed by atoms with van der Waals surface area (Å²) in [6.45, 7) is 0. The molecular weight excluding hydrogens is 236 g/mol. The van der Waals surface area contributed by atoms with Crippen LogP contribution in [0.1, 0.15) is 0 Å². The summed E-state index contributed by atoms with van der Waals surface area (Å²) in [5.41, 5.74) is 5.21. The number of imidazole rings is 1. The van der Waals surface area contributed by atoms with E-state index in [2.05, 4.69) is 45.5 Å². The number of rotatable bonds is 2. The lowest BCUT2D eigenvalue weighted by molar-refractivity contribution is 1.06. The van der Waals surface area contributed by atoms with Gasteiger partial charge in [-0.25, -0.2) is 4.98 Å². The van der Waals surface area contributed by atoms with Crippen LogP contribution in [0, 0.1) is 0 Å². The highest BCUT2D eigenvalue weighted by Crippen LogP contribution is 2.38. The van der Waals surface area contributed by atoms with Crippen molar-refractivity contribution >= 4 is 11.4 Å². The number of benzene rings is 2. The van der Waals surface area contributed by atoms with Gasteiger partial charge in [0.1, 0.15) is 0 Å². The first-order valence-electron chi connectivity index (χ1n) is 6.05. The minimum Gasteiger partial charge on any atom is -0.306 e. The fraction of sp³-hybridized carbons (Fsp3) is 0. The van der Waals surface area contributed by atoms with Crippen molar-refractivity contribution < 1.29 is 0 Å². The van der Waals surface area contributed by atoms with Crippen molar-refractivity contribution in [3.63, 3.8) is 0 Å². The molecule has 1 aliphatic rings. The summed E-state index contributed by atoms with van der Waals surface area (Å²) in [5, 5.41) is 8.22. The standard InChI is InChI=1S/C15H10N4/c1-4-13(19-8-7-16-10-19)5-2-11(1)14-6-3-12-9-15(14)18-17-12/h1-10H. The van der Waals surface area contributed by atoms with Crippen molar-refractivity contribution in [1.82, 2.24) is 9.55 Å². The normalized spacial score (nSPS) is 12.0. The third kappa shape index (κ3) is 1.65. The molecule has 0 aliphatic carbocycles. The topological polar surface area (TPSA) is 42.5 Å². The van der Waals surface area contributed by atoms with E-state index in [1.807, 2.05) is 22.9 Å². The zero-order chi connectivity index (χ0) is 12.7. The zero-order valence-corrected chi connectivity index (χ0v) is 10.1.